The van der Waals surface area contributed by atoms with Crippen molar-refractivity contribution in [3.05, 3.63) is 66.4 Å². The molecule has 1 aliphatic rings. The topological polar surface area (TPSA) is 153 Å². The summed E-state index contributed by atoms with van der Waals surface area (Å²) in [7, 11) is -2.24. The molecule has 0 radical (unpaired) electrons. The average Bonchev–Trinajstić information content (AvgIpc) is 3.33. The SMILES string of the molecule is COc1cccc(S(=O)(=O)NCc2ccc(-c3nn([C@@H]4CCCN(C(=O)O)C4)c4ccnc(N)c34)cc2)c1. The second-order valence-corrected chi connectivity index (χ2v) is 10.9. The minimum atomic E-state index is -3.72. The van der Waals surface area contributed by atoms with Crippen LogP contribution in [0.5, 0.6) is 5.75 Å². The van der Waals surface area contributed by atoms with E-state index in [1.165, 1.54) is 24.1 Å². The summed E-state index contributed by atoms with van der Waals surface area (Å²) in [5, 5.41) is 15.0. The summed E-state index contributed by atoms with van der Waals surface area (Å²) in [6.07, 6.45) is 2.23. The van der Waals surface area contributed by atoms with Gasteiger partial charge in [0.05, 0.1) is 29.0 Å². The monoisotopic (exact) mass is 536 g/mol. The van der Waals surface area contributed by atoms with Crippen molar-refractivity contribution in [2.75, 3.05) is 25.9 Å². The van der Waals surface area contributed by atoms with Gasteiger partial charge < -0.3 is 20.5 Å². The van der Waals surface area contributed by atoms with E-state index in [1.807, 2.05) is 35.0 Å². The van der Waals surface area contributed by atoms with E-state index in [0.717, 1.165) is 29.5 Å². The molecule has 1 aliphatic heterocycles. The molecule has 4 aromatic rings. The molecule has 3 heterocycles. The summed E-state index contributed by atoms with van der Waals surface area (Å²) in [5.74, 6) is 0.798. The molecule has 1 amide bonds. The fourth-order valence-corrected chi connectivity index (χ4v) is 5.78. The minimum Gasteiger partial charge on any atom is -0.497 e. The zero-order valence-electron chi connectivity index (χ0n) is 20.7. The number of ether oxygens (including phenoxy) is 1. The van der Waals surface area contributed by atoms with Gasteiger partial charge in [0.15, 0.2) is 0 Å². The van der Waals surface area contributed by atoms with E-state index in [2.05, 4.69) is 9.71 Å². The van der Waals surface area contributed by atoms with Crippen molar-refractivity contribution in [2.24, 2.45) is 0 Å². The van der Waals surface area contributed by atoms with E-state index in [-0.39, 0.29) is 17.5 Å². The number of rotatable bonds is 7. The maximum Gasteiger partial charge on any atom is 0.407 e. The van der Waals surface area contributed by atoms with E-state index in [1.54, 1.807) is 18.3 Å². The molecule has 12 heteroatoms. The number of sulfonamides is 1. The highest BCUT2D eigenvalue weighted by molar-refractivity contribution is 7.89. The van der Waals surface area contributed by atoms with Crippen molar-refractivity contribution in [2.45, 2.75) is 30.3 Å². The number of nitrogens with two attached hydrogens (primary N) is 1. The molecule has 0 saturated carbocycles. The molecule has 1 atom stereocenters. The van der Waals surface area contributed by atoms with Crippen LogP contribution in [0, 0.1) is 0 Å². The van der Waals surface area contributed by atoms with Gasteiger partial charge in [-0.25, -0.2) is 22.9 Å². The van der Waals surface area contributed by atoms with Crippen molar-refractivity contribution in [3.8, 4) is 17.0 Å². The van der Waals surface area contributed by atoms with E-state index >= 15 is 0 Å². The predicted molar refractivity (Wildman–Crippen MR) is 142 cm³/mol. The Balaban J connectivity index is 1.40. The van der Waals surface area contributed by atoms with Gasteiger partial charge in [0.1, 0.15) is 17.3 Å². The zero-order chi connectivity index (χ0) is 26.9. The highest BCUT2D eigenvalue weighted by Crippen LogP contribution is 2.34. The van der Waals surface area contributed by atoms with Crippen LogP contribution < -0.4 is 15.2 Å². The minimum absolute atomic E-state index is 0.103. The summed E-state index contributed by atoms with van der Waals surface area (Å²) in [6.45, 7) is 0.955. The van der Waals surface area contributed by atoms with Crippen LogP contribution in [0.2, 0.25) is 0 Å². The van der Waals surface area contributed by atoms with Crippen molar-refractivity contribution < 1.29 is 23.1 Å². The Bertz CT molecular complexity index is 1590. The second-order valence-electron chi connectivity index (χ2n) is 9.11. The quantitative estimate of drug-likeness (QED) is 0.325. The number of hydrogen-bond acceptors (Lipinski definition) is 7. The van der Waals surface area contributed by atoms with E-state index in [0.29, 0.717) is 35.7 Å². The lowest BCUT2D eigenvalue weighted by Gasteiger charge is -2.31. The predicted octanol–water partition coefficient (Wildman–Crippen LogP) is 3.48. The zero-order valence-corrected chi connectivity index (χ0v) is 21.6. The van der Waals surface area contributed by atoms with Gasteiger partial charge in [0.25, 0.3) is 0 Å². The van der Waals surface area contributed by atoms with E-state index in [4.69, 9.17) is 15.6 Å². The van der Waals surface area contributed by atoms with Gasteiger partial charge in [-0.05, 0) is 36.6 Å². The average molecular weight is 537 g/mol. The third kappa shape index (κ3) is 5.00. The molecule has 4 N–H and O–H groups in total. The van der Waals surface area contributed by atoms with Gasteiger partial charge in [0, 0.05) is 37.5 Å². The first-order valence-corrected chi connectivity index (χ1v) is 13.6. The maximum atomic E-state index is 12.7. The Hall–Kier alpha value is -4.16. The third-order valence-corrected chi connectivity index (χ3v) is 8.11. The number of anilines is 1. The van der Waals surface area contributed by atoms with Crippen LogP contribution in [0.1, 0.15) is 24.4 Å². The molecule has 0 bridgehead atoms. The molecule has 2 aromatic heterocycles. The molecule has 0 spiro atoms. The summed E-state index contributed by atoms with van der Waals surface area (Å²) in [6, 6.07) is 15.4. The van der Waals surface area contributed by atoms with Crippen molar-refractivity contribution in [1.82, 2.24) is 24.4 Å². The molecule has 0 aliphatic carbocycles. The van der Waals surface area contributed by atoms with Gasteiger partial charge in [-0.1, -0.05) is 30.3 Å². The Morgan fingerprint density at radius 3 is 2.74 bits per heavy atom. The highest BCUT2D eigenvalue weighted by Gasteiger charge is 2.28. The Labute approximate surface area is 219 Å². The molecule has 198 valence electrons. The Morgan fingerprint density at radius 1 is 1.21 bits per heavy atom. The summed E-state index contributed by atoms with van der Waals surface area (Å²) in [5.41, 5.74) is 9.25. The lowest BCUT2D eigenvalue weighted by Crippen LogP contribution is -2.40. The van der Waals surface area contributed by atoms with Crippen molar-refractivity contribution in [1.29, 1.82) is 0 Å². The molecule has 38 heavy (non-hydrogen) atoms. The number of piperidine rings is 1. The number of methoxy groups -OCH3 is 1. The molecular formula is C26H28N6O5S. The molecule has 0 unspecified atom stereocenters. The van der Waals surface area contributed by atoms with Crippen LogP contribution in [0.3, 0.4) is 0 Å². The second kappa shape index (κ2) is 10.3. The Kier molecular flexibility index (Phi) is 6.91. The largest absolute Gasteiger partial charge is 0.497 e. The molecule has 1 fully saturated rings. The maximum absolute atomic E-state index is 12.7. The van der Waals surface area contributed by atoms with Crippen LogP contribution in [-0.2, 0) is 16.6 Å². The first-order valence-electron chi connectivity index (χ1n) is 12.1. The van der Waals surface area contributed by atoms with Crippen LogP contribution in [0.4, 0.5) is 10.6 Å². The number of hydrogen-bond donors (Lipinski definition) is 3. The van der Waals surface area contributed by atoms with Gasteiger partial charge in [-0.15, -0.1) is 0 Å². The number of nitrogens with one attached hydrogen (secondary N) is 1. The van der Waals surface area contributed by atoms with Gasteiger partial charge in [0.2, 0.25) is 10.0 Å². The lowest BCUT2D eigenvalue weighted by molar-refractivity contribution is 0.120. The Morgan fingerprint density at radius 2 is 2.00 bits per heavy atom. The van der Waals surface area contributed by atoms with Gasteiger partial charge in [-0.3, -0.25) is 4.68 Å². The summed E-state index contributed by atoms with van der Waals surface area (Å²) < 4.78 is 35.0. The standard InChI is InChI=1S/C26H28N6O5S/c1-37-20-5-2-6-21(14-20)38(35,36)29-15-17-7-9-18(10-8-17)24-23-22(11-12-28-25(23)27)32(30-24)19-4-3-13-31(16-19)26(33)34/h2,5-12,14,19,29H,3-4,13,15-16H2,1H3,(H2,27,28)(H,33,34)/t19-/m1/s1. The number of amides is 1. The molecule has 2 aromatic carbocycles. The van der Waals surface area contributed by atoms with Crippen LogP contribution in [-0.4, -0.2) is 59.5 Å². The molecule has 5 rings (SSSR count). The summed E-state index contributed by atoms with van der Waals surface area (Å²) in [4.78, 5) is 17.3. The molecule has 11 nitrogen and oxygen atoms in total. The van der Waals surface area contributed by atoms with Crippen molar-refractivity contribution in [3.63, 3.8) is 0 Å². The van der Waals surface area contributed by atoms with Gasteiger partial charge >= 0.3 is 6.09 Å². The van der Waals surface area contributed by atoms with Crippen LogP contribution >= 0.6 is 0 Å². The fraction of sp³-hybridized carbons (Fsp3) is 0.269. The van der Waals surface area contributed by atoms with Gasteiger partial charge in [-0.2, -0.15) is 5.10 Å². The number of nitrogens with zero attached hydrogens (tertiary/aromatic N) is 4. The number of benzene rings is 2. The lowest BCUT2D eigenvalue weighted by atomic mass is 10.1. The number of fused-ring (bicyclic) bond motifs is 1. The normalized spacial score (nSPS) is 16.0. The molecule has 1 saturated heterocycles. The van der Waals surface area contributed by atoms with E-state index in [9.17, 15) is 18.3 Å². The first-order chi connectivity index (χ1) is 18.3. The number of carboxylic acid groups (broad SMARTS) is 1. The number of likely N-dealkylation sites (tertiary alicyclic amines) is 1. The molecular weight excluding hydrogens is 508 g/mol. The number of pyridine rings is 1. The van der Waals surface area contributed by atoms with Crippen LogP contribution in [0.15, 0.2) is 65.7 Å². The first kappa shape index (κ1) is 25.5. The van der Waals surface area contributed by atoms with Crippen LogP contribution in [0.25, 0.3) is 22.2 Å². The van der Waals surface area contributed by atoms with Crippen molar-refractivity contribution >= 4 is 32.8 Å². The fourth-order valence-electron chi connectivity index (χ4n) is 4.73. The smallest absolute Gasteiger partial charge is 0.407 e. The summed E-state index contributed by atoms with van der Waals surface area (Å²) >= 11 is 0. The number of nitrogen functional groups attached to an aromatic ring is 1. The number of carbonyl (C=O) groups is 1. The third-order valence-electron chi connectivity index (χ3n) is 6.71. The highest BCUT2D eigenvalue weighted by atomic mass is 32.2. The number of aromatic nitrogens is 3. The van der Waals surface area contributed by atoms with E-state index < -0.39 is 16.1 Å².